The quantitative estimate of drug-likeness (QED) is 0.662. The van der Waals surface area contributed by atoms with Crippen molar-refractivity contribution in [2.24, 2.45) is 0 Å². The van der Waals surface area contributed by atoms with Gasteiger partial charge in [-0.05, 0) is 43.9 Å². The van der Waals surface area contributed by atoms with Crippen LogP contribution in [-0.2, 0) is 17.6 Å². The molecule has 1 amide bonds. The molecule has 150 valence electrons. The van der Waals surface area contributed by atoms with Gasteiger partial charge in [0.2, 0.25) is 5.91 Å². The maximum atomic E-state index is 11.7. The monoisotopic (exact) mass is 388 g/mol. The Morgan fingerprint density at radius 1 is 1.00 bits per heavy atom. The number of carbonyl (C=O) groups is 1. The van der Waals surface area contributed by atoms with E-state index < -0.39 is 0 Å². The Hall–Kier alpha value is -2.95. The zero-order valence-corrected chi connectivity index (χ0v) is 17.2. The van der Waals surface area contributed by atoms with Gasteiger partial charge in [-0.15, -0.1) is 0 Å². The summed E-state index contributed by atoms with van der Waals surface area (Å²) in [6.07, 6.45) is 3.62. The van der Waals surface area contributed by atoms with Crippen molar-refractivity contribution in [1.29, 1.82) is 0 Å². The summed E-state index contributed by atoms with van der Waals surface area (Å²) in [4.78, 5) is 18.6. The molecule has 0 unspecified atom stereocenters. The van der Waals surface area contributed by atoms with Gasteiger partial charge in [-0.2, -0.15) is 5.10 Å². The van der Waals surface area contributed by atoms with Crippen LogP contribution < -0.4 is 0 Å². The van der Waals surface area contributed by atoms with Gasteiger partial charge in [0, 0.05) is 32.4 Å². The molecule has 2 heterocycles. The molecule has 1 aliphatic rings. The van der Waals surface area contributed by atoms with E-state index in [0.29, 0.717) is 5.92 Å². The Morgan fingerprint density at radius 2 is 1.69 bits per heavy atom. The van der Waals surface area contributed by atoms with Gasteiger partial charge < -0.3 is 4.90 Å². The van der Waals surface area contributed by atoms with Crippen LogP contribution in [0.3, 0.4) is 0 Å². The first-order chi connectivity index (χ1) is 14.1. The minimum Gasteiger partial charge on any atom is -0.343 e. The molecule has 5 nitrogen and oxygen atoms in total. The molecular weight excluding hydrogens is 360 g/mol. The van der Waals surface area contributed by atoms with Gasteiger partial charge in [0.15, 0.2) is 5.82 Å². The summed E-state index contributed by atoms with van der Waals surface area (Å²) in [5.41, 5.74) is 3.59. The predicted molar refractivity (Wildman–Crippen MR) is 114 cm³/mol. The van der Waals surface area contributed by atoms with E-state index in [0.717, 1.165) is 56.1 Å². The highest BCUT2D eigenvalue weighted by molar-refractivity contribution is 5.73. The van der Waals surface area contributed by atoms with Crippen molar-refractivity contribution in [3.63, 3.8) is 0 Å². The maximum Gasteiger partial charge on any atom is 0.219 e. The average molecular weight is 389 g/mol. The standard InChI is InChI=1S/C24H28N4O/c1-18-8-11-22(12-9-18)28-24(21-14-16-27(17-15-21)19(2)29)25-23(26-28)13-10-20-6-4-3-5-7-20/h3-9,11-12,21H,10,13-17H2,1-2H3. The Labute approximate surface area is 172 Å². The van der Waals surface area contributed by atoms with Crippen LogP contribution in [0.1, 0.15) is 48.5 Å². The lowest BCUT2D eigenvalue weighted by molar-refractivity contribution is -0.129. The van der Waals surface area contributed by atoms with Gasteiger partial charge in [0.25, 0.3) is 0 Å². The zero-order chi connectivity index (χ0) is 20.2. The number of benzene rings is 2. The minimum atomic E-state index is 0.159. The summed E-state index contributed by atoms with van der Waals surface area (Å²) in [6.45, 7) is 5.33. The third kappa shape index (κ3) is 4.56. The SMILES string of the molecule is CC(=O)N1CCC(c2nc(CCc3ccccc3)nn2-c2ccc(C)cc2)CC1. The van der Waals surface area contributed by atoms with E-state index in [2.05, 4.69) is 55.5 Å². The van der Waals surface area contributed by atoms with Crippen LogP contribution in [0.4, 0.5) is 0 Å². The first kappa shape index (κ1) is 19.4. The normalized spacial score (nSPS) is 14.9. The van der Waals surface area contributed by atoms with Crippen molar-refractivity contribution in [3.05, 3.63) is 77.4 Å². The van der Waals surface area contributed by atoms with E-state index in [9.17, 15) is 4.79 Å². The van der Waals surface area contributed by atoms with E-state index in [4.69, 9.17) is 10.1 Å². The molecule has 0 atom stereocenters. The van der Waals surface area contributed by atoms with Crippen LogP contribution in [0, 0.1) is 6.92 Å². The summed E-state index contributed by atoms with van der Waals surface area (Å²) >= 11 is 0. The predicted octanol–water partition coefficient (Wildman–Crippen LogP) is 4.09. The summed E-state index contributed by atoms with van der Waals surface area (Å²) in [7, 11) is 0. The molecule has 0 bridgehead atoms. The van der Waals surface area contributed by atoms with E-state index >= 15 is 0 Å². The third-order valence-electron chi connectivity index (χ3n) is 5.74. The van der Waals surface area contributed by atoms with Gasteiger partial charge >= 0.3 is 0 Å². The number of nitrogens with zero attached hydrogens (tertiary/aromatic N) is 4. The molecule has 4 rings (SSSR count). The number of aromatic nitrogens is 3. The molecule has 2 aromatic carbocycles. The minimum absolute atomic E-state index is 0.159. The number of hydrogen-bond donors (Lipinski definition) is 0. The van der Waals surface area contributed by atoms with Crippen LogP contribution in [0.15, 0.2) is 54.6 Å². The molecule has 0 saturated carbocycles. The zero-order valence-electron chi connectivity index (χ0n) is 17.2. The number of likely N-dealkylation sites (tertiary alicyclic amines) is 1. The van der Waals surface area contributed by atoms with Gasteiger partial charge in [-0.25, -0.2) is 9.67 Å². The molecule has 5 heteroatoms. The summed E-state index contributed by atoms with van der Waals surface area (Å²) in [6, 6.07) is 18.9. The third-order valence-corrected chi connectivity index (χ3v) is 5.74. The molecule has 0 aliphatic carbocycles. The first-order valence-electron chi connectivity index (χ1n) is 10.4. The number of hydrogen-bond acceptors (Lipinski definition) is 3. The molecule has 29 heavy (non-hydrogen) atoms. The van der Waals surface area contributed by atoms with Crippen LogP contribution >= 0.6 is 0 Å². The lowest BCUT2D eigenvalue weighted by Crippen LogP contribution is -2.36. The number of rotatable bonds is 5. The molecule has 3 aromatic rings. The average Bonchev–Trinajstić information content (AvgIpc) is 3.18. The van der Waals surface area contributed by atoms with Crippen molar-refractivity contribution >= 4 is 5.91 Å². The summed E-state index contributed by atoms with van der Waals surface area (Å²) in [5, 5.41) is 4.88. The van der Waals surface area contributed by atoms with E-state index in [1.165, 1.54) is 11.1 Å². The largest absolute Gasteiger partial charge is 0.343 e. The second kappa shape index (κ2) is 8.60. The number of amides is 1. The highest BCUT2D eigenvalue weighted by Gasteiger charge is 2.27. The van der Waals surface area contributed by atoms with E-state index in [1.54, 1.807) is 6.92 Å². The lowest BCUT2D eigenvalue weighted by Gasteiger charge is -2.30. The molecular formula is C24H28N4O. The van der Waals surface area contributed by atoms with E-state index in [-0.39, 0.29) is 5.91 Å². The van der Waals surface area contributed by atoms with Crippen molar-refractivity contribution in [1.82, 2.24) is 19.7 Å². The number of piperidine rings is 1. The van der Waals surface area contributed by atoms with Crippen molar-refractivity contribution in [2.75, 3.05) is 13.1 Å². The van der Waals surface area contributed by atoms with Crippen molar-refractivity contribution in [2.45, 2.75) is 45.4 Å². The number of carbonyl (C=O) groups excluding carboxylic acids is 1. The fourth-order valence-electron chi connectivity index (χ4n) is 3.97. The Balaban J connectivity index is 1.58. The van der Waals surface area contributed by atoms with Crippen molar-refractivity contribution < 1.29 is 4.79 Å². The maximum absolute atomic E-state index is 11.7. The van der Waals surface area contributed by atoms with Gasteiger partial charge in [0.1, 0.15) is 5.82 Å². The highest BCUT2D eigenvalue weighted by atomic mass is 16.2. The second-order valence-corrected chi connectivity index (χ2v) is 7.90. The Kier molecular flexibility index (Phi) is 5.74. The smallest absolute Gasteiger partial charge is 0.219 e. The van der Waals surface area contributed by atoms with Gasteiger partial charge in [-0.3, -0.25) is 4.79 Å². The molecule has 0 spiro atoms. The van der Waals surface area contributed by atoms with Crippen molar-refractivity contribution in [3.8, 4) is 5.69 Å². The molecule has 1 fully saturated rings. The number of aryl methyl sites for hydroxylation is 3. The fourth-order valence-corrected chi connectivity index (χ4v) is 3.97. The van der Waals surface area contributed by atoms with Crippen LogP contribution in [-0.4, -0.2) is 38.7 Å². The van der Waals surface area contributed by atoms with Crippen LogP contribution in [0.25, 0.3) is 5.69 Å². The Bertz CT molecular complexity index is 954. The summed E-state index contributed by atoms with van der Waals surface area (Å²) < 4.78 is 2.02. The molecule has 1 aromatic heterocycles. The first-order valence-corrected chi connectivity index (χ1v) is 10.4. The molecule has 1 saturated heterocycles. The van der Waals surface area contributed by atoms with Gasteiger partial charge in [0.05, 0.1) is 5.69 Å². The highest BCUT2D eigenvalue weighted by Crippen LogP contribution is 2.29. The topological polar surface area (TPSA) is 51.0 Å². The van der Waals surface area contributed by atoms with Gasteiger partial charge in [-0.1, -0.05) is 48.0 Å². The Morgan fingerprint density at radius 3 is 2.34 bits per heavy atom. The van der Waals surface area contributed by atoms with Crippen LogP contribution in [0.5, 0.6) is 0 Å². The van der Waals surface area contributed by atoms with E-state index in [1.807, 2.05) is 15.6 Å². The lowest BCUT2D eigenvalue weighted by atomic mass is 9.95. The van der Waals surface area contributed by atoms with Crippen LogP contribution in [0.2, 0.25) is 0 Å². The second-order valence-electron chi connectivity index (χ2n) is 7.90. The molecule has 1 aliphatic heterocycles. The fraction of sp³-hybridized carbons (Fsp3) is 0.375. The molecule has 0 radical (unpaired) electrons. The summed E-state index contributed by atoms with van der Waals surface area (Å²) in [5.74, 6) is 2.40. The molecule has 0 N–H and O–H groups in total.